The molecule has 15 heavy (non-hydrogen) atoms. The van der Waals surface area contributed by atoms with Crippen LogP contribution in [0, 0.1) is 11.3 Å². The molecule has 0 radical (unpaired) electrons. The third-order valence-electron chi connectivity index (χ3n) is 2.27. The third-order valence-corrected chi connectivity index (χ3v) is 2.27. The SMILES string of the molecule is CC(C)(C)c1ccc(C#N)c(C(N)=O)c1. The van der Waals surface area contributed by atoms with E-state index in [0.717, 1.165) is 5.56 Å². The summed E-state index contributed by atoms with van der Waals surface area (Å²) in [5, 5.41) is 8.80. The Balaban J connectivity index is 3.37. The first-order chi connectivity index (χ1) is 6.86. The Kier molecular flexibility index (Phi) is 2.81. The van der Waals surface area contributed by atoms with Crippen molar-refractivity contribution in [2.75, 3.05) is 0 Å². The van der Waals surface area contributed by atoms with Gasteiger partial charge in [-0.25, -0.2) is 0 Å². The Morgan fingerprint density at radius 3 is 2.40 bits per heavy atom. The molecule has 0 aliphatic heterocycles. The van der Waals surface area contributed by atoms with Crippen LogP contribution in [-0.4, -0.2) is 5.91 Å². The zero-order valence-electron chi connectivity index (χ0n) is 9.16. The molecular formula is C12H14N2O. The van der Waals surface area contributed by atoms with Crippen LogP contribution in [-0.2, 0) is 5.41 Å². The van der Waals surface area contributed by atoms with E-state index in [-0.39, 0.29) is 5.41 Å². The van der Waals surface area contributed by atoms with Crippen LogP contribution >= 0.6 is 0 Å². The van der Waals surface area contributed by atoms with Gasteiger partial charge >= 0.3 is 0 Å². The minimum Gasteiger partial charge on any atom is -0.366 e. The highest BCUT2D eigenvalue weighted by Crippen LogP contribution is 2.24. The second-order valence-electron chi connectivity index (χ2n) is 4.49. The minimum atomic E-state index is -0.558. The maximum atomic E-state index is 11.1. The highest BCUT2D eigenvalue weighted by atomic mass is 16.1. The van der Waals surface area contributed by atoms with Gasteiger partial charge in [-0.3, -0.25) is 4.79 Å². The van der Waals surface area contributed by atoms with E-state index in [0.29, 0.717) is 11.1 Å². The lowest BCUT2D eigenvalue weighted by atomic mass is 9.85. The van der Waals surface area contributed by atoms with Gasteiger partial charge in [0.05, 0.1) is 17.2 Å². The molecule has 2 N–H and O–H groups in total. The predicted octanol–water partition coefficient (Wildman–Crippen LogP) is 1.95. The van der Waals surface area contributed by atoms with Crippen molar-refractivity contribution >= 4 is 5.91 Å². The second-order valence-corrected chi connectivity index (χ2v) is 4.49. The molecule has 78 valence electrons. The molecule has 0 spiro atoms. The Bertz CT molecular complexity index is 436. The number of benzene rings is 1. The van der Waals surface area contributed by atoms with Gasteiger partial charge in [-0.15, -0.1) is 0 Å². The van der Waals surface area contributed by atoms with Crippen molar-refractivity contribution in [3.63, 3.8) is 0 Å². The van der Waals surface area contributed by atoms with Crippen molar-refractivity contribution in [1.29, 1.82) is 5.26 Å². The second kappa shape index (κ2) is 3.74. The van der Waals surface area contributed by atoms with E-state index in [2.05, 4.69) is 0 Å². The van der Waals surface area contributed by atoms with E-state index >= 15 is 0 Å². The van der Waals surface area contributed by atoms with Crippen LogP contribution in [0.2, 0.25) is 0 Å². The van der Waals surface area contributed by atoms with Gasteiger partial charge in [0.15, 0.2) is 0 Å². The summed E-state index contributed by atoms with van der Waals surface area (Å²) >= 11 is 0. The number of hydrogen-bond donors (Lipinski definition) is 1. The molecule has 0 aliphatic carbocycles. The molecule has 0 fully saturated rings. The van der Waals surface area contributed by atoms with E-state index < -0.39 is 5.91 Å². The van der Waals surface area contributed by atoms with Gasteiger partial charge in [-0.2, -0.15) is 5.26 Å². The Labute approximate surface area is 89.5 Å². The van der Waals surface area contributed by atoms with Crippen molar-refractivity contribution in [3.05, 3.63) is 34.9 Å². The monoisotopic (exact) mass is 202 g/mol. The molecule has 0 aromatic heterocycles. The van der Waals surface area contributed by atoms with Crippen LogP contribution in [0.15, 0.2) is 18.2 Å². The van der Waals surface area contributed by atoms with E-state index in [9.17, 15) is 4.79 Å². The molecule has 0 saturated heterocycles. The Morgan fingerprint density at radius 1 is 1.40 bits per heavy atom. The van der Waals surface area contributed by atoms with Crippen molar-refractivity contribution < 1.29 is 4.79 Å². The zero-order chi connectivity index (χ0) is 11.6. The summed E-state index contributed by atoms with van der Waals surface area (Å²) in [5.41, 5.74) is 6.78. The molecule has 0 heterocycles. The predicted molar refractivity (Wildman–Crippen MR) is 58.4 cm³/mol. The molecule has 3 nitrogen and oxygen atoms in total. The fourth-order valence-corrected chi connectivity index (χ4v) is 1.31. The number of hydrogen-bond acceptors (Lipinski definition) is 2. The van der Waals surface area contributed by atoms with Crippen LogP contribution in [0.25, 0.3) is 0 Å². The van der Waals surface area contributed by atoms with Gasteiger partial charge in [-0.1, -0.05) is 26.8 Å². The third kappa shape index (κ3) is 2.35. The molecular weight excluding hydrogens is 188 g/mol. The van der Waals surface area contributed by atoms with Crippen LogP contribution in [0.1, 0.15) is 42.3 Å². The van der Waals surface area contributed by atoms with Gasteiger partial charge in [0, 0.05) is 0 Å². The summed E-state index contributed by atoms with van der Waals surface area (Å²) in [6, 6.07) is 7.14. The molecule has 3 heteroatoms. The smallest absolute Gasteiger partial charge is 0.250 e. The first-order valence-corrected chi connectivity index (χ1v) is 4.70. The summed E-state index contributed by atoms with van der Waals surface area (Å²) in [4.78, 5) is 11.1. The molecule has 0 bridgehead atoms. The highest BCUT2D eigenvalue weighted by Gasteiger charge is 2.17. The number of nitrogens with zero attached hydrogens (tertiary/aromatic N) is 1. The van der Waals surface area contributed by atoms with Gasteiger partial charge < -0.3 is 5.73 Å². The molecule has 1 aromatic rings. The molecule has 0 unspecified atom stereocenters. The Morgan fingerprint density at radius 2 is 2.00 bits per heavy atom. The standard InChI is InChI=1S/C12H14N2O/c1-12(2,3)9-5-4-8(7-13)10(6-9)11(14)15/h4-6H,1-3H3,(H2,14,15). The van der Waals surface area contributed by atoms with Crippen molar-refractivity contribution in [1.82, 2.24) is 0 Å². The number of carbonyl (C=O) groups excluding carboxylic acids is 1. The van der Waals surface area contributed by atoms with E-state index in [1.54, 1.807) is 12.1 Å². The zero-order valence-corrected chi connectivity index (χ0v) is 9.16. The van der Waals surface area contributed by atoms with Crippen molar-refractivity contribution in [3.8, 4) is 6.07 Å². The lowest BCUT2D eigenvalue weighted by Gasteiger charge is -2.19. The van der Waals surface area contributed by atoms with E-state index in [1.807, 2.05) is 32.9 Å². The molecule has 0 saturated carbocycles. The molecule has 1 aromatic carbocycles. The van der Waals surface area contributed by atoms with Crippen molar-refractivity contribution in [2.45, 2.75) is 26.2 Å². The van der Waals surface area contributed by atoms with E-state index in [4.69, 9.17) is 11.0 Å². The summed E-state index contributed by atoms with van der Waals surface area (Å²) in [6.45, 7) is 6.12. The van der Waals surface area contributed by atoms with Gasteiger partial charge in [-0.05, 0) is 23.1 Å². The quantitative estimate of drug-likeness (QED) is 0.756. The average molecular weight is 202 g/mol. The number of primary amides is 1. The van der Waals surface area contributed by atoms with Crippen molar-refractivity contribution in [2.24, 2.45) is 5.73 Å². The average Bonchev–Trinajstić information content (AvgIpc) is 2.15. The minimum absolute atomic E-state index is 0.0574. The number of nitriles is 1. The first-order valence-electron chi connectivity index (χ1n) is 4.70. The fraction of sp³-hybridized carbons (Fsp3) is 0.333. The van der Waals surface area contributed by atoms with Crippen LogP contribution < -0.4 is 5.73 Å². The van der Waals surface area contributed by atoms with Gasteiger partial charge in [0.2, 0.25) is 5.91 Å². The first kappa shape index (κ1) is 11.3. The topological polar surface area (TPSA) is 66.9 Å². The highest BCUT2D eigenvalue weighted by molar-refractivity contribution is 5.95. The van der Waals surface area contributed by atoms with Gasteiger partial charge in [0.1, 0.15) is 0 Å². The number of carbonyl (C=O) groups is 1. The maximum absolute atomic E-state index is 11.1. The van der Waals surface area contributed by atoms with Crippen LogP contribution in [0.3, 0.4) is 0 Å². The van der Waals surface area contributed by atoms with Gasteiger partial charge in [0.25, 0.3) is 0 Å². The maximum Gasteiger partial charge on any atom is 0.250 e. The summed E-state index contributed by atoms with van der Waals surface area (Å²) in [5.74, 6) is -0.558. The largest absolute Gasteiger partial charge is 0.366 e. The number of nitrogens with two attached hydrogens (primary N) is 1. The lowest BCUT2D eigenvalue weighted by Crippen LogP contribution is -2.17. The molecule has 0 aliphatic rings. The number of amides is 1. The molecule has 0 atom stereocenters. The molecule has 1 rings (SSSR count). The normalized spacial score (nSPS) is 10.8. The number of rotatable bonds is 1. The lowest BCUT2D eigenvalue weighted by molar-refractivity contribution is 0.1000. The van der Waals surface area contributed by atoms with Crippen LogP contribution in [0.5, 0.6) is 0 Å². The van der Waals surface area contributed by atoms with Crippen LogP contribution in [0.4, 0.5) is 0 Å². The molecule has 1 amide bonds. The summed E-state index contributed by atoms with van der Waals surface area (Å²) in [6.07, 6.45) is 0. The summed E-state index contributed by atoms with van der Waals surface area (Å²) in [7, 11) is 0. The fourth-order valence-electron chi connectivity index (χ4n) is 1.31. The van der Waals surface area contributed by atoms with E-state index in [1.165, 1.54) is 0 Å². The Hall–Kier alpha value is -1.82. The summed E-state index contributed by atoms with van der Waals surface area (Å²) < 4.78 is 0.